The first-order valence-electron chi connectivity index (χ1n) is 6.05. The summed E-state index contributed by atoms with van der Waals surface area (Å²) in [5.74, 6) is -0.137. The fourth-order valence-corrected chi connectivity index (χ4v) is 2.22. The average Bonchev–Trinajstić information content (AvgIpc) is 2.71. The van der Waals surface area contributed by atoms with Crippen molar-refractivity contribution >= 4 is 5.97 Å². The van der Waals surface area contributed by atoms with Crippen LogP contribution in [0.1, 0.15) is 27.2 Å². The number of nitrogens with zero attached hydrogens (tertiary/aromatic N) is 1. The maximum Gasteiger partial charge on any atom is 0.352 e. The van der Waals surface area contributed by atoms with Crippen LogP contribution in [0.5, 0.6) is 5.75 Å². The van der Waals surface area contributed by atoms with Crippen LogP contribution in [0, 0.1) is 13.8 Å². The lowest BCUT2D eigenvalue weighted by Gasteiger charge is -2.12. The van der Waals surface area contributed by atoms with Gasteiger partial charge in [-0.15, -0.1) is 0 Å². The van der Waals surface area contributed by atoms with E-state index >= 15 is 0 Å². The van der Waals surface area contributed by atoms with Gasteiger partial charge in [-0.3, -0.25) is 0 Å². The molecular weight excluding hydrogens is 242 g/mol. The molecule has 0 amide bonds. The smallest absolute Gasteiger partial charge is 0.352 e. The monoisotopic (exact) mass is 259 g/mol. The van der Waals surface area contributed by atoms with Gasteiger partial charge in [0.15, 0.2) is 0 Å². The topological polar surface area (TPSA) is 51.5 Å². The Hall–Kier alpha value is -2.23. The maximum absolute atomic E-state index is 11.3. The minimum Gasteiger partial charge on any atom is -0.496 e. The number of hydrogen-bond donors (Lipinski definition) is 1. The van der Waals surface area contributed by atoms with Crippen LogP contribution in [-0.4, -0.2) is 22.8 Å². The summed E-state index contributed by atoms with van der Waals surface area (Å²) in [5.41, 5.74) is 3.18. The van der Waals surface area contributed by atoms with E-state index in [0.717, 1.165) is 22.4 Å². The molecule has 0 saturated carbocycles. The number of methoxy groups -OCH3 is 1. The molecule has 0 spiro atoms. The van der Waals surface area contributed by atoms with Gasteiger partial charge in [0.05, 0.1) is 13.7 Å². The highest BCUT2D eigenvalue weighted by Gasteiger charge is 2.14. The van der Waals surface area contributed by atoms with Gasteiger partial charge in [0, 0.05) is 11.8 Å². The second-order valence-corrected chi connectivity index (χ2v) is 4.60. The first kappa shape index (κ1) is 13.2. The van der Waals surface area contributed by atoms with Gasteiger partial charge in [0.25, 0.3) is 0 Å². The first-order chi connectivity index (χ1) is 9.02. The summed E-state index contributed by atoms with van der Waals surface area (Å²) >= 11 is 0. The molecule has 0 fully saturated rings. The molecule has 0 atom stereocenters. The number of aromatic carboxylic acids is 1. The third-order valence-electron chi connectivity index (χ3n) is 3.14. The summed E-state index contributed by atoms with van der Waals surface area (Å²) in [5, 5.41) is 9.24. The quantitative estimate of drug-likeness (QED) is 0.918. The SMILES string of the molecule is COc1ccc(C)cc1Cn1ccc(C)c1C(=O)O. The van der Waals surface area contributed by atoms with Gasteiger partial charge in [-0.05, 0) is 31.5 Å². The van der Waals surface area contributed by atoms with Crippen LogP contribution in [0.15, 0.2) is 30.5 Å². The zero-order valence-corrected chi connectivity index (χ0v) is 11.3. The molecule has 0 aliphatic rings. The van der Waals surface area contributed by atoms with Gasteiger partial charge >= 0.3 is 5.97 Å². The molecule has 2 aromatic rings. The van der Waals surface area contributed by atoms with Gasteiger partial charge in [0.2, 0.25) is 0 Å². The molecule has 0 aliphatic heterocycles. The summed E-state index contributed by atoms with van der Waals surface area (Å²) in [4.78, 5) is 11.3. The van der Waals surface area contributed by atoms with Gasteiger partial charge in [-0.1, -0.05) is 17.7 Å². The van der Waals surface area contributed by atoms with Crippen LogP contribution in [-0.2, 0) is 6.54 Å². The fraction of sp³-hybridized carbons (Fsp3) is 0.267. The molecule has 100 valence electrons. The number of aromatic nitrogens is 1. The van der Waals surface area contributed by atoms with E-state index in [2.05, 4.69) is 0 Å². The summed E-state index contributed by atoms with van der Waals surface area (Å²) in [6.45, 7) is 4.29. The zero-order valence-electron chi connectivity index (χ0n) is 11.3. The molecule has 4 heteroatoms. The predicted octanol–water partition coefficient (Wildman–Crippen LogP) is 2.86. The average molecular weight is 259 g/mol. The van der Waals surface area contributed by atoms with Gasteiger partial charge in [0.1, 0.15) is 11.4 Å². The van der Waals surface area contributed by atoms with E-state index in [4.69, 9.17) is 4.74 Å². The van der Waals surface area contributed by atoms with Crippen molar-refractivity contribution < 1.29 is 14.6 Å². The molecule has 0 aliphatic carbocycles. The highest BCUT2D eigenvalue weighted by Crippen LogP contribution is 2.22. The highest BCUT2D eigenvalue weighted by molar-refractivity contribution is 5.87. The Labute approximate surface area is 112 Å². The van der Waals surface area contributed by atoms with Crippen molar-refractivity contribution in [3.8, 4) is 5.75 Å². The van der Waals surface area contributed by atoms with Crippen molar-refractivity contribution in [1.82, 2.24) is 4.57 Å². The minimum atomic E-state index is -0.908. The molecule has 4 nitrogen and oxygen atoms in total. The molecule has 0 bridgehead atoms. The van der Waals surface area contributed by atoms with E-state index in [-0.39, 0.29) is 0 Å². The minimum absolute atomic E-state index is 0.323. The molecule has 1 aromatic heterocycles. The Morgan fingerprint density at radius 1 is 1.32 bits per heavy atom. The van der Waals surface area contributed by atoms with Crippen LogP contribution in [0.4, 0.5) is 0 Å². The third kappa shape index (κ3) is 2.62. The molecule has 0 unspecified atom stereocenters. The largest absolute Gasteiger partial charge is 0.496 e. The van der Waals surface area contributed by atoms with E-state index in [1.54, 1.807) is 24.8 Å². The zero-order chi connectivity index (χ0) is 14.0. The number of carbonyl (C=O) groups is 1. The predicted molar refractivity (Wildman–Crippen MR) is 73.0 cm³/mol. The number of carboxylic acid groups (broad SMARTS) is 1. The molecule has 2 rings (SSSR count). The third-order valence-corrected chi connectivity index (χ3v) is 3.14. The van der Waals surface area contributed by atoms with E-state index in [1.807, 2.05) is 31.2 Å². The maximum atomic E-state index is 11.3. The van der Waals surface area contributed by atoms with Crippen molar-refractivity contribution in [3.63, 3.8) is 0 Å². The number of hydrogen-bond acceptors (Lipinski definition) is 2. The lowest BCUT2D eigenvalue weighted by atomic mass is 10.1. The van der Waals surface area contributed by atoms with Gasteiger partial charge < -0.3 is 14.4 Å². The Morgan fingerprint density at radius 3 is 2.68 bits per heavy atom. The van der Waals surface area contributed by atoms with E-state index in [1.165, 1.54) is 0 Å². The fourth-order valence-electron chi connectivity index (χ4n) is 2.22. The number of carboxylic acids is 1. The van der Waals surface area contributed by atoms with Crippen molar-refractivity contribution in [1.29, 1.82) is 0 Å². The van der Waals surface area contributed by atoms with Crippen LogP contribution in [0.3, 0.4) is 0 Å². The van der Waals surface area contributed by atoms with Crippen LogP contribution in [0.2, 0.25) is 0 Å². The van der Waals surface area contributed by atoms with E-state index in [0.29, 0.717) is 12.2 Å². The van der Waals surface area contributed by atoms with Gasteiger partial charge in [-0.2, -0.15) is 0 Å². The van der Waals surface area contributed by atoms with Crippen molar-refractivity contribution in [2.75, 3.05) is 7.11 Å². The molecule has 0 saturated heterocycles. The number of rotatable bonds is 4. The summed E-state index contributed by atoms with van der Waals surface area (Å²) < 4.78 is 7.05. The Morgan fingerprint density at radius 2 is 2.05 bits per heavy atom. The number of aryl methyl sites for hydroxylation is 2. The summed E-state index contributed by atoms with van der Waals surface area (Å²) in [7, 11) is 1.62. The molecule has 19 heavy (non-hydrogen) atoms. The normalized spacial score (nSPS) is 10.5. The Bertz CT molecular complexity index is 614. The van der Waals surface area contributed by atoms with Crippen LogP contribution in [0.25, 0.3) is 0 Å². The molecule has 1 N–H and O–H groups in total. The van der Waals surface area contributed by atoms with Crippen LogP contribution < -0.4 is 4.74 Å². The Kier molecular flexibility index (Phi) is 3.60. The summed E-state index contributed by atoms with van der Waals surface area (Å²) in [6, 6.07) is 7.70. The molecule has 0 radical (unpaired) electrons. The number of ether oxygens (including phenoxy) is 1. The second-order valence-electron chi connectivity index (χ2n) is 4.60. The van der Waals surface area contributed by atoms with Crippen LogP contribution >= 0.6 is 0 Å². The van der Waals surface area contributed by atoms with Crippen molar-refractivity contribution in [2.24, 2.45) is 0 Å². The first-order valence-corrected chi connectivity index (χ1v) is 6.05. The molecule has 1 aromatic carbocycles. The van der Waals surface area contributed by atoms with Gasteiger partial charge in [-0.25, -0.2) is 4.79 Å². The lowest BCUT2D eigenvalue weighted by molar-refractivity contribution is 0.0685. The number of benzene rings is 1. The van der Waals surface area contributed by atoms with Crippen molar-refractivity contribution in [3.05, 3.63) is 52.8 Å². The van der Waals surface area contributed by atoms with Crippen molar-refractivity contribution in [2.45, 2.75) is 20.4 Å². The molecular formula is C15H17NO3. The standard InChI is InChI=1S/C15H17NO3/c1-10-4-5-13(19-3)12(8-10)9-16-7-6-11(2)14(16)15(17)18/h4-8H,9H2,1-3H3,(H,17,18). The Balaban J connectivity index is 2.41. The lowest BCUT2D eigenvalue weighted by Crippen LogP contribution is -2.10. The van der Waals surface area contributed by atoms with E-state index < -0.39 is 5.97 Å². The molecule has 1 heterocycles. The highest BCUT2D eigenvalue weighted by atomic mass is 16.5. The summed E-state index contributed by atoms with van der Waals surface area (Å²) in [6.07, 6.45) is 1.79. The second kappa shape index (κ2) is 5.18. The van der Waals surface area contributed by atoms with E-state index in [9.17, 15) is 9.90 Å².